The van der Waals surface area contributed by atoms with Crippen LogP contribution in [0, 0.1) is 6.92 Å². The maximum absolute atomic E-state index is 5.39. The number of hydrogen-bond acceptors (Lipinski definition) is 4. The molecule has 0 spiro atoms. The fourth-order valence-corrected chi connectivity index (χ4v) is 2.43. The van der Waals surface area contributed by atoms with Crippen molar-refractivity contribution < 1.29 is 9.47 Å². The molecule has 1 aromatic heterocycles. The Hall–Kier alpha value is -2.07. The van der Waals surface area contributed by atoms with E-state index in [1.165, 1.54) is 16.7 Å². The van der Waals surface area contributed by atoms with Crippen molar-refractivity contribution in [3.63, 3.8) is 0 Å². The van der Waals surface area contributed by atoms with Crippen molar-refractivity contribution >= 4 is 0 Å². The molecule has 0 radical (unpaired) electrons. The van der Waals surface area contributed by atoms with Gasteiger partial charge in [-0.2, -0.15) is 0 Å². The molecular formula is C18H24N2O2. The van der Waals surface area contributed by atoms with E-state index in [0.29, 0.717) is 0 Å². The highest BCUT2D eigenvalue weighted by Crippen LogP contribution is 2.30. The molecule has 0 bridgehead atoms. The molecule has 1 aromatic carbocycles. The number of nitrogens with zero attached hydrogens (tertiary/aromatic N) is 2. The molecule has 0 fully saturated rings. The molecule has 0 unspecified atom stereocenters. The smallest absolute Gasteiger partial charge is 0.161 e. The predicted molar refractivity (Wildman–Crippen MR) is 88.6 cm³/mol. The van der Waals surface area contributed by atoms with Gasteiger partial charge in [0.05, 0.1) is 14.2 Å². The van der Waals surface area contributed by atoms with E-state index in [4.69, 9.17) is 9.47 Å². The molecule has 22 heavy (non-hydrogen) atoms. The first-order valence-electron chi connectivity index (χ1n) is 7.43. The van der Waals surface area contributed by atoms with Crippen molar-refractivity contribution in [2.45, 2.75) is 19.9 Å². The van der Waals surface area contributed by atoms with E-state index in [-0.39, 0.29) is 0 Å². The van der Waals surface area contributed by atoms with E-state index in [2.05, 4.69) is 42.1 Å². The second kappa shape index (κ2) is 7.80. The monoisotopic (exact) mass is 300 g/mol. The number of rotatable bonds is 7. The molecular weight excluding hydrogens is 276 g/mol. The summed E-state index contributed by atoms with van der Waals surface area (Å²) in [5.74, 6) is 1.56. The van der Waals surface area contributed by atoms with Gasteiger partial charge in [-0.25, -0.2) is 0 Å². The van der Waals surface area contributed by atoms with Gasteiger partial charge in [-0.15, -0.1) is 0 Å². The number of aryl methyl sites for hydroxylation is 1. The number of benzene rings is 1. The third-order valence-electron chi connectivity index (χ3n) is 3.81. The quantitative estimate of drug-likeness (QED) is 0.787. The zero-order valence-corrected chi connectivity index (χ0v) is 13.8. The van der Waals surface area contributed by atoms with E-state index in [1.807, 2.05) is 18.5 Å². The van der Waals surface area contributed by atoms with E-state index < -0.39 is 0 Å². The molecule has 0 aliphatic heterocycles. The van der Waals surface area contributed by atoms with Crippen LogP contribution in [0.3, 0.4) is 0 Å². The minimum atomic E-state index is 0.781. The Labute approximate surface area is 132 Å². The SMILES string of the molecule is COc1cc(C)c(CN(C)CCc2ccncc2)cc1OC. The third-order valence-corrected chi connectivity index (χ3v) is 3.81. The summed E-state index contributed by atoms with van der Waals surface area (Å²) in [6.07, 6.45) is 4.70. The maximum atomic E-state index is 5.39. The third kappa shape index (κ3) is 4.21. The van der Waals surface area contributed by atoms with Gasteiger partial charge < -0.3 is 14.4 Å². The molecule has 0 N–H and O–H groups in total. The van der Waals surface area contributed by atoms with Crippen LogP contribution < -0.4 is 9.47 Å². The van der Waals surface area contributed by atoms with Crippen LogP contribution in [0.15, 0.2) is 36.7 Å². The summed E-state index contributed by atoms with van der Waals surface area (Å²) in [7, 11) is 5.47. The topological polar surface area (TPSA) is 34.6 Å². The average Bonchev–Trinajstić information content (AvgIpc) is 2.55. The van der Waals surface area contributed by atoms with E-state index in [9.17, 15) is 0 Å². The van der Waals surface area contributed by atoms with E-state index >= 15 is 0 Å². The van der Waals surface area contributed by atoms with Crippen LogP contribution in [0.25, 0.3) is 0 Å². The summed E-state index contributed by atoms with van der Waals surface area (Å²) < 4.78 is 10.7. The van der Waals surface area contributed by atoms with Gasteiger partial charge in [0.1, 0.15) is 0 Å². The molecule has 1 heterocycles. The molecule has 0 amide bonds. The molecule has 2 aromatic rings. The molecule has 4 nitrogen and oxygen atoms in total. The van der Waals surface area contributed by atoms with Crippen molar-refractivity contribution in [3.05, 3.63) is 53.3 Å². The molecule has 4 heteroatoms. The summed E-state index contributed by atoms with van der Waals surface area (Å²) in [6, 6.07) is 8.23. The Morgan fingerprint density at radius 1 is 1.05 bits per heavy atom. The predicted octanol–water partition coefficient (Wildman–Crippen LogP) is 3.08. The molecule has 118 valence electrons. The first-order chi connectivity index (χ1) is 10.6. The molecule has 0 atom stereocenters. The zero-order chi connectivity index (χ0) is 15.9. The Morgan fingerprint density at radius 2 is 1.68 bits per heavy atom. The summed E-state index contributed by atoms with van der Waals surface area (Å²) in [5.41, 5.74) is 3.79. The highest BCUT2D eigenvalue weighted by molar-refractivity contribution is 5.47. The molecule has 0 aliphatic carbocycles. The van der Waals surface area contributed by atoms with E-state index in [0.717, 1.165) is 31.0 Å². The van der Waals surface area contributed by atoms with Gasteiger partial charge in [0, 0.05) is 25.5 Å². The molecule has 2 rings (SSSR count). The van der Waals surface area contributed by atoms with Gasteiger partial charge in [0.15, 0.2) is 11.5 Å². The fourth-order valence-electron chi connectivity index (χ4n) is 2.43. The lowest BCUT2D eigenvalue weighted by Gasteiger charge is -2.19. The number of ether oxygens (including phenoxy) is 2. The lowest BCUT2D eigenvalue weighted by atomic mass is 10.1. The molecule has 0 saturated carbocycles. The van der Waals surface area contributed by atoms with Crippen LogP contribution in [0.4, 0.5) is 0 Å². The Bertz CT molecular complexity index is 600. The molecule has 0 saturated heterocycles. The summed E-state index contributed by atoms with van der Waals surface area (Å²) in [5, 5.41) is 0. The zero-order valence-electron chi connectivity index (χ0n) is 13.8. The lowest BCUT2D eigenvalue weighted by Crippen LogP contribution is -2.21. The van der Waals surface area contributed by atoms with Crippen molar-refractivity contribution in [2.75, 3.05) is 27.8 Å². The van der Waals surface area contributed by atoms with Crippen LogP contribution in [0.5, 0.6) is 11.5 Å². The largest absolute Gasteiger partial charge is 0.493 e. The second-order valence-corrected chi connectivity index (χ2v) is 5.48. The van der Waals surface area contributed by atoms with Crippen LogP contribution >= 0.6 is 0 Å². The maximum Gasteiger partial charge on any atom is 0.161 e. The fraction of sp³-hybridized carbons (Fsp3) is 0.389. The molecule has 0 aliphatic rings. The highest BCUT2D eigenvalue weighted by atomic mass is 16.5. The van der Waals surface area contributed by atoms with Gasteiger partial charge >= 0.3 is 0 Å². The van der Waals surface area contributed by atoms with Gasteiger partial charge in [0.2, 0.25) is 0 Å². The van der Waals surface area contributed by atoms with Gasteiger partial charge in [-0.1, -0.05) is 0 Å². The average molecular weight is 300 g/mol. The Morgan fingerprint density at radius 3 is 2.32 bits per heavy atom. The van der Waals surface area contributed by atoms with Crippen LogP contribution in [-0.4, -0.2) is 37.7 Å². The number of pyridine rings is 1. The summed E-state index contributed by atoms with van der Waals surface area (Å²) >= 11 is 0. The van der Waals surface area contributed by atoms with Crippen LogP contribution in [-0.2, 0) is 13.0 Å². The first kappa shape index (κ1) is 16.3. The summed E-state index contributed by atoms with van der Waals surface area (Å²) in [6.45, 7) is 3.99. The van der Waals surface area contributed by atoms with Gasteiger partial charge in [-0.05, 0) is 61.3 Å². The minimum Gasteiger partial charge on any atom is -0.493 e. The number of methoxy groups -OCH3 is 2. The van der Waals surface area contributed by atoms with Crippen LogP contribution in [0.2, 0.25) is 0 Å². The Kier molecular flexibility index (Phi) is 5.78. The standard InChI is InChI=1S/C18H24N2O2/c1-14-11-17(21-3)18(22-4)12-16(14)13-20(2)10-7-15-5-8-19-9-6-15/h5-6,8-9,11-12H,7,10,13H2,1-4H3. The highest BCUT2D eigenvalue weighted by Gasteiger charge is 2.10. The first-order valence-corrected chi connectivity index (χ1v) is 7.43. The van der Waals surface area contributed by atoms with E-state index in [1.54, 1.807) is 14.2 Å². The van der Waals surface area contributed by atoms with Gasteiger partial charge in [-0.3, -0.25) is 4.98 Å². The van der Waals surface area contributed by atoms with Crippen molar-refractivity contribution in [3.8, 4) is 11.5 Å². The summed E-state index contributed by atoms with van der Waals surface area (Å²) in [4.78, 5) is 6.36. The second-order valence-electron chi connectivity index (χ2n) is 5.48. The van der Waals surface area contributed by atoms with Gasteiger partial charge in [0.25, 0.3) is 0 Å². The van der Waals surface area contributed by atoms with Crippen molar-refractivity contribution in [1.29, 1.82) is 0 Å². The minimum absolute atomic E-state index is 0.781. The normalized spacial score (nSPS) is 10.8. The number of aromatic nitrogens is 1. The van der Waals surface area contributed by atoms with Crippen LogP contribution in [0.1, 0.15) is 16.7 Å². The van der Waals surface area contributed by atoms with Crippen molar-refractivity contribution in [1.82, 2.24) is 9.88 Å². The number of likely N-dealkylation sites (N-methyl/N-ethyl adjacent to an activating group) is 1. The Balaban J connectivity index is 2.00. The number of hydrogen-bond donors (Lipinski definition) is 0. The lowest BCUT2D eigenvalue weighted by molar-refractivity contribution is 0.326. The van der Waals surface area contributed by atoms with Crippen molar-refractivity contribution in [2.24, 2.45) is 0 Å².